The van der Waals surface area contributed by atoms with Crippen molar-refractivity contribution in [3.05, 3.63) is 50.2 Å². The molecule has 1 aliphatic heterocycles. The van der Waals surface area contributed by atoms with Gasteiger partial charge in [-0.25, -0.2) is 4.79 Å². The molecule has 0 unspecified atom stereocenters. The number of hydrogen-bond donors (Lipinski definition) is 0. The van der Waals surface area contributed by atoms with E-state index < -0.39 is 23.8 Å². The molecular weight excluding hydrogens is 350 g/mol. The molecule has 0 amide bonds. The number of nitrogens with zero attached hydrogens (tertiary/aromatic N) is 5. The molecule has 3 heterocycles. The summed E-state index contributed by atoms with van der Waals surface area (Å²) in [4.78, 5) is 42.6. The Kier molecular flexibility index (Phi) is 3.69. The first-order chi connectivity index (χ1) is 12.8. The third kappa shape index (κ3) is 2.46. The lowest BCUT2D eigenvalue weighted by molar-refractivity contribution is -0.306. The predicted molar refractivity (Wildman–Crippen MR) is 97.2 cm³/mol. The molecule has 2 aromatic heterocycles. The molecule has 0 bridgehead atoms. The molecule has 0 fully saturated rings. The third-order valence-electron chi connectivity index (χ3n) is 5.09. The number of imidazole rings is 1. The van der Waals surface area contributed by atoms with E-state index in [0.717, 1.165) is 11.3 Å². The van der Waals surface area contributed by atoms with Gasteiger partial charge in [-0.05, 0) is 37.1 Å². The average molecular weight is 368 g/mol. The Labute approximate surface area is 153 Å². The molecule has 0 saturated carbocycles. The number of carbonyl (C=O) groups is 1. The number of fused-ring (bicyclic) bond motifs is 3. The highest BCUT2D eigenvalue weighted by molar-refractivity contribution is 5.78. The minimum atomic E-state index is -1.49. The van der Waals surface area contributed by atoms with E-state index in [9.17, 15) is 19.5 Å². The summed E-state index contributed by atoms with van der Waals surface area (Å²) in [6, 6.07) is 6.07. The van der Waals surface area contributed by atoms with Gasteiger partial charge in [-0.15, -0.1) is 0 Å². The van der Waals surface area contributed by atoms with E-state index in [1.54, 1.807) is 4.57 Å². The van der Waals surface area contributed by atoms with Gasteiger partial charge >= 0.3 is 5.69 Å². The Bertz CT molecular complexity index is 1220. The van der Waals surface area contributed by atoms with Gasteiger partial charge in [0.05, 0.1) is 12.5 Å². The number of carboxylic acids is 1. The zero-order chi connectivity index (χ0) is 19.5. The summed E-state index contributed by atoms with van der Waals surface area (Å²) in [6.45, 7) is 4.41. The molecule has 0 N–H and O–H groups in total. The molecule has 9 heteroatoms. The van der Waals surface area contributed by atoms with Gasteiger partial charge in [0.15, 0.2) is 11.2 Å². The van der Waals surface area contributed by atoms with Gasteiger partial charge in [0.2, 0.25) is 5.95 Å². The molecule has 0 spiro atoms. The number of aliphatic carboxylic acids is 1. The van der Waals surface area contributed by atoms with Crippen molar-refractivity contribution >= 4 is 28.8 Å². The van der Waals surface area contributed by atoms with Gasteiger partial charge in [-0.2, -0.15) is 4.98 Å². The minimum Gasteiger partial charge on any atom is -0.548 e. The fourth-order valence-corrected chi connectivity index (χ4v) is 3.48. The van der Waals surface area contributed by atoms with E-state index in [0.29, 0.717) is 23.6 Å². The first kappa shape index (κ1) is 17.1. The van der Waals surface area contributed by atoms with Crippen LogP contribution in [0.15, 0.2) is 27.8 Å². The van der Waals surface area contributed by atoms with Crippen LogP contribution in [0.25, 0.3) is 11.2 Å². The summed E-state index contributed by atoms with van der Waals surface area (Å²) in [5.41, 5.74) is 2.34. The molecular formula is C18H18N5O4-. The second-order valence-electron chi connectivity index (χ2n) is 6.76. The van der Waals surface area contributed by atoms with E-state index in [4.69, 9.17) is 0 Å². The third-order valence-corrected chi connectivity index (χ3v) is 5.09. The van der Waals surface area contributed by atoms with E-state index in [-0.39, 0.29) is 11.2 Å². The number of carbonyl (C=O) groups excluding carboxylic acids is 1. The van der Waals surface area contributed by atoms with Crippen LogP contribution in [0.5, 0.6) is 0 Å². The highest BCUT2D eigenvalue weighted by Gasteiger charge is 2.28. The van der Waals surface area contributed by atoms with Crippen LogP contribution in [0.2, 0.25) is 0 Å². The van der Waals surface area contributed by atoms with Crippen molar-refractivity contribution in [2.24, 2.45) is 7.05 Å². The van der Waals surface area contributed by atoms with Crippen molar-refractivity contribution < 1.29 is 9.90 Å². The van der Waals surface area contributed by atoms with Gasteiger partial charge in [-0.3, -0.25) is 13.9 Å². The number of hydrogen-bond acceptors (Lipinski definition) is 6. The molecule has 4 rings (SSSR count). The highest BCUT2D eigenvalue weighted by Crippen LogP contribution is 2.32. The van der Waals surface area contributed by atoms with Crippen molar-refractivity contribution in [2.45, 2.75) is 26.9 Å². The van der Waals surface area contributed by atoms with Crippen LogP contribution in [0.1, 0.15) is 11.1 Å². The normalized spacial score (nSPS) is 13.4. The fourth-order valence-electron chi connectivity index (χ4n) is 3.48. The van der Waals surface area contributed by atoms with E-state index in [2.05, 4.69) is 11.1 Å². The van der Waals surface area contributed by atoms with E-state index >= 15 is 0 Å². The monoisotopic (exact) mass is 368 g/mol. The van der Waals surface area contributed by atoms with Gasteiger partial charge in [-0.1, -0.05) is 6.07 Å². The number of aryl methyl sites for hydroxylation is 3. The molecule has 9 nitrogen and oxygen atoms in total. The highest BCUT2D eigenvalue weighted by atomic mass is 16.4. The quantitative estimate of drug-likeness (QED) is 0.612. The molecule has 0 aliphatic carbocycles. The Morgan fingerprint density at radius 3 is 2.59 bits per heavy atom. The number of aromatic nitrogens is 4. The SMILES string of the molecule is Cc1ccc(N2CCn3c2nc2c3c(=O)n(CC(=O)[O-])c(=O)n2C)cc1C. The lowest BCUT2D eigenvalue weighted by atomic mass is 10.1. The maximum Gasteiger partial charge on any atom is 0.332 e. The Morgan fingerprint density at radius 2 is 1.93 bits per heavy atom. The maximum absolute atomic E-state index is 12.8. The molecule has 0 saturated heterocycles. The zero-order valence-electron chi connectivity index (χ0n) is 15.2. The van der Waals surface area contributed by atoms with Gasteiger partial charge in [0.25, 0.3) is 5.56 Å². The van der Waals surface area contributed by atoms with Crippen LogP contribution in [-0.2, 0) is 24.9 Å². The number of benzene rings is 1. The molecule has 3 aromatic rings. The predicted octanol–water partition coefficient (Wildman–Crippen LogP) is -0.585. The van der Waals surface area contributed by atoms with Gasteiger partial charge < -0.3 is 19.4 Å². The van der Waals surface area contributed by atoms with E-state index in [1.807, 2.05) is 30.9 Å². The van der Waals surface area contributed by atoms with Crippen LogP contribution in [0.4, 0.5) is 11.6 Å². The molecule has 0 atom stereocenters. The summed E-state index contributed by atoms with van der Waals surface area (Å²) in [5, 5.41) is 10.9. The smallest absolute Gasteiger partial charge is 0.332 e. The fraction of sp³-hybridized carbons (Fsp3) is 0.333. The summed E-state index contributed by atoms with van der Waals surface area (Å²) in [5.74, 6) is -0.932. The summed E-state index contributed by atoms with van der Waals surface area (Å²) < 4.78 is 3.60. The van der Waals surface area contributed by atoms with Crippen molar-refractivity contribution in [3.63, 3.8) is 0 Å². The van der Waals surface area contributed by atoms with Crippen LogP contribution in [0.3, 0.4) is 0 Å². The number of anilines is 2. The van der Waals surface area contributed by atoms with Crippen LogP contribution in [-0.4, -0.2) is 31.2 Å². The molecule has 27 heavy (non-hydrogen) atoms. The molecule has 0 radical (unpaired) electrons. The Balaban J connectivity index is 1.95. The number of carboxylic acid groups (broad SMARTS) is 1. The average Bonchev–Trinajstić information content (AvgIpc) is 3.18. The van der Waals surface area contributed by atoms with E-state index in [1.165, 1.54) is 17.2 Å². The molecule has 1 aliphatic rings. The van der Waals surface area contributed by atoms with Gasteiger partial charge in [0, 0.05) is 25.8 Å². The zero-order valence-corrected chi connectivity index (χ0v) is 15.2. The first-order valence-corrected chi connectivity index (χ1v) is 8.54. The van der Waals surface area contributed by atoms with Crippen molar-refractivity contribution in [1.29, 1.82) is 0 Å². The van der Waals surface area contributed by atoms with Crippen LogP contribution >= 0.6 is 0 Å². The van der Waals surface area contributed by atoms with Crippen molar-refractivity contribution in [1.82, 2.24) is 18.7 Å². The maximum atomic E-state index is 12.8. The summed E-state index contributed by atoms with van der Waals surface area (Å²) in [6.07, 6.45) is 0. The van der Waals surface area contributed by atoms with Crippen molar-refractivity contribution in [2.75, 3.05) is 11.4 Å². The van der Waals surface area contributed by atoms with Crippen molar-refractivity contribution in [3.8, 4) is 0 Å². The van der Waals surface area contributed by atoms with Crippen LogP contribution in [0, 0.1) is 13.8 Å². The second kappa shape index (κ2) is 5.83. The topological polar surface area (TPSA) is 105 Å². The Hall–Kier alpha value is -3.36. The minimum absolute atomic E-state index is 0.222. The Morgan fingerprint density at radius 1 is 1.19 bits per heavy atom. The number of rotatable bonds is 3. The largest absolute Gasteiger partial charge is 0.548 e. The lowest BCUT2D eigenvalue weighted by Crippen LogP contribution is -2.44. The standard InChI is InChI=1S/C18H19N5O4/c1-10-4-5-12(8-11(10)2)21-6-7-22-14-15(19-17(21)22)20(3)18(27)23(16(14)26)9-13(24)25/h4-5,8H,6-7,9H2,1-3H3,(H,24,25)/p-1. The first-order valence-electron chi connectivity index (χ1n) is 8.54. The summed E-state index contributed by atoms with van der Waals surface area (Å²) >= 11 is 0. The lowest BCUT2D eigenvalue weighted by Gasteiger charge is -2.17. The molecule has 140 valence electrons. The second-order valence-corrected chi connectivity index (χ2v) is 6.76. The molecule has 1 aromatic carbocycles. The summed E-state index contributed by atoms with van der Waals surface area (Å²) in [7, 11) is 1.47. The van der Waals surface area contributed by atoms with Crippen LogP contribution < -0.4 is 21.3 Å². The van der Waals surface area contributed by atoms with Gasteiger partial charge in [0.1, 0.15) is 0 Å².